The van der Waals surface area contributed by atoms with Gasteiger partial charge in [0.1, 0.15) is 0 Å². The van der Waals surface area contributed by atoms with Gasteiger partial charge in [0.15, 0.2) is 10.9 Å². The molecule has 35 heavy (non-hydrogen) atoms. The second-order valence-electron chi connectivity index (χ2n) is 7.87. The first-order valence-corrected chi connectivity index (χ1v) is 11.0. The van der Waals surface area contributed by atoms with E-state index < -0.39 is 10.8 Å². The molecule has 174 valence electrons. The molecule has 0 aliphatic rings. The first kappa shape index (κ1) is 23.7. The van der Waals surface area contributed by atoms with Crippen LogP contribution in [0, 0.1) is 17.0 Å². The lowest BCUT2D eigenvalue weighted by Crippen LogP contribution is -2.34. The van der Waals surface area contributed by atoms with Crippen molar-refractivity contribution in [1.29, 1.82) is 0 Å². The average molecular weight is 485 g/mol. The Hall–Kier alpha value is -4.50. The SMILES string of the molecule is CC(=O)c1ccc2nc(-c3ccc([N+](=O)[O-])cc3)cc(C(=O)NC(=S)Nc3ccccc3C)c2c1. The number of ketones is 1. The van der Waals surface area contributed by atoms with Crippen LogP contribution in [0.15, 0.2) is 72.8 Å². The number of nitro benzene ring substituents is 1. The average Bonchev–Trinajstić information content (AvgIpc) is 2.84. The van der Waals surface area contributed by atoms with Gasteiger partial charge in [-0.05, 0) is 74.1 Å². The van der Waals surface area contributed by atoms with E-state index in [4.69, 9.17) is 12.2 Å². The van der Waals surface area contributed by atoms with Crippen LogP contribution >= 0.6 is 12.2 Å². The van der Waals surface area contributed by atoms with E-state index in [1.807, 2.05) is 31.2 Å². The predicted molar refractivity (Wildman–Crippen MR) is 139 cm³/mol. The Morgan fingerprint density at radius 3 is 2.37 bits per heavy atom. The van der Waals surface area contributed by atoms with Gasteiger partial charge < -0.3 is 5.32 Å². The lowest BCUT2D eigenvalue weighted by Gasteiger charge is -2.14. The Morgan fingerprint density at radius 1 is 1.00 bits per heavy atom. The zero-order chi connectivity index (χ0) is 25.1. The maximum Gasteiger partial charge on any atom is 0.269 e. The first-order chi connectivity index (χ1) is 16.7. The molecule has 1 aromatic heterocycles. The monoisotopic (exact) mass is 484 g/mol. The Labute approximate surface area is 206 Å². The normalized spacial score (nSPS) is 10.6. The Morgan fingerprint density at radius 2 is 1.71 bits per heavy atom. The molecule has 0 radical (unpaired) electrons. The quantitative estimate of drug-likeness (QED) is 0.168. The molecule has 0 saturated heterocycles. The number of hydrogen-bond donors (Lipinski definition) is 2. The van der Waals surface area contributed by atoms with E-state index in [2.05, 4.69) is 15.6 Å². The number of amides is 1. The molecular weight excluding hydrogens is 464 g/mol. The number of rotatable bonds is 5. The molecule has 0 atom stereocenters. The smallest absolute Gasteiger partial charge is 0.269 e. The Kier molecular flexibility index (Phi) is 6.61. The lowest BCUT2D eigenvalue weighted by atomic mass is 10.0. The van der Waals surface area contributed by atoms with Crippen LogP contribution in [-0.4, -0.2) is 26.7 Å². The molecule has 0 unspecified atom stereocenters. The van der Waals surface area contributed by atoms with E-state index in [9.17, 15) is 19.7 Å². The van der Waals surface area contributed by atoms with Crippen LogP contribution in [0.25, 0.3) is 22.2 Å². The molecule has 0 aliphatic heterocycles. The van der Waals surface area contributed by atoms with Crippen LogP contribution in [0.3, 0.4) is 0 Å². The largest absolute Gasteiger partial charge is 0.332 e. The van der Waals surface area contributed by atoms with Crippen molar-refractivity contribution in [2.45, 2.75) is 13.8 Å². The van der Waals surface area contributed by atoms with Gasteiger partial charge in [-0.1, -0.05) is 18.2 Å². The van der Waals surface area contributed by atoms with E-state index in [0.717, 1.165) is 11.3 Å². The molecule has 9 heteroatoms. The molecule has 4 aromatic rings. The first-order valence-electron chi connectivity index (χ1n) is 10.6. The van der Waals surface area contributed by atoms with Gasteiger partial charge in [-0.3, -0.25) is 25.0 Å². The van der Waals surface area contributed by atoms with Crippen molar-refractivity contribution in [2.75, 3.05) is 5.32 Å². The summed E-state index contributed by atoms with van der Waals surface area (Å²) < 4.78 is 0. The number of benzene rings is 3. The van der Waals surface area contributed by atoms with Gasteiger partial charge in [0.2, 0.25) is 0 Å². The maximum absolute atomic E-state index is 13.3. The zero-order valence-electron chi connectivity index (χ0n) is 18.9. The van der Waals surface area contributed by atoms with Crippen LogP contribution in [0.4, 0.5) is 11.4 Å². The van der Waals surface area contributed by atoms with Crippen LogP contribution in [0.2, 0.25) is 0 Å². The van der Waals surface area contributed by atoms with Crippen LogP contribution in [0.1, 0.15) is 33.2 Å². The molecule has 0 bridgehead atoms. The summed E-state index contributed by atoms with van der Waals surface area (Å²) >= 11 is 5.35. The number of nitro groups is 1. The highest BCUT2D eigenvalue weighted by Crippen LogP contribution is 2.27. The number of aryl methyl sites for hydroxylation is 1. The number of nitrogens with one attached hydrogen (secondary N) is 2. The number of carbonyl (C=O) groups is 2. The molecule has 0 aliphatic carbocycles. The summed E-state index contributed by atoms with van der Waals surface area (Å²) in [5.74, 6) is -0.623. The molecule has 2 N–H and O–H groups in total. The molecular formula is C26H20N4O4S. The van der Waals surface area contributed by atoms with Crippen molar-refractivity contribution < 1.29 is 14.5 Å². The Balaban J connectivity index is 1.74. The van der Waals surface area contributed by atoms with Gasteiger partial charge in [0.25, 0.3) is 11.6 Å². The highest BCUT2D eigenvalue weighted by molar-refractivity contribution is 7.80. The number of pyridine rings is 1. The van der Waals surface area contributed by atoms with Gasteiger partial charge in [0.05, 0.1) is 21.7 Å². The number of hydrogen-bond acceptors (Lipinski definition) is 6. The second-order valence-corrected chi connectivity index (χ2v) is 8.28. The van der Waals surface area contributed by atoms with Crippen LogP contribution in [-0.2, 0) is 0 Å². The number of nitrogens with zero attached hydrogens (tertiary/aromatic N) is 2. The summed E-state index contributed by atoms with van der Waals surface area (Å²) in [4.78, 5) is 40.4. The van der Waals surface area contributed by atoms with E-state index in [-0.39, 0.29) is 22.1 Å². The van der Waals surface area contributed by atoms with Gasteiger partial charge in [-0.25, -0.2) is 4.98 Å². The molecule has 0 fully saturated rings. The van der Waals surface area contributed by atoms with Gasteiger partial charge >= 0.3 is 0 Å². The molecule has 1 heterocycles. The number of aromatic nitrogens is 1. The highest BCUT2D eigenvalue weighted by atomic mass is 32.1. The van der Waals surface area contributed by atoms with Gasteiger partial charge in [-0.15, -0.1) is 0 Å². The van der Waals surface area contributed by atoms with Crippen LogP contribution < -0.4 is 10.6 Å². The number of fused-ring (bicyclic) bond motifs is 1. The number of anilines is 1. The minimum atomic E-state index is -0.484. The fraction of sp³-hybridized carbons (Fsp3) is 0.0769. The van der Waals surface area contributed by atoms with Crippen molar-refractivity contribution in [1.82, 2.24) is 10.3 Å². The van der Waals surface area contributed by atoms with E-state index in [1.165, 1.54) is 19.1 Å². The van der Waals surface area contributed by atoms with Crippen molar-refractivity contribution in [3.63, 3.8) is 0 Å². The fourth-order valence-electron chi connectivity index (χ4n) is 3.57. The van der Waals surface area contributed by atoms with Crippen molar-refractivity contribution in [3.8, 4) is 11.3 Å². The number of Topliss-reactive ketones (excluding diaryl/α,β-unsaturated/α-hetero) is 1. The topological polar surface area (TPSA) is 114 Å². The maximum atomic E-state index is 13.3. The third kappa shape index (κ3) is 5.20. The summed E-state index contributed by atoms with van der Waals surface area (Å²) in [6.45, 7) is 3.36. The van der Waals surface area contributed by atoms with E-state index in [0.29, 0.717) is 27.7 Å². The third-order valence-electron chi connectivity index (χ3n) is 5.45. The molecule has 1 amide bonds. The van der Waals surface area contributed by atoms with Crippen molar-refractivity contribution in [2.24, 2.45) is 0 Å². The summed E-state index contributed by atoms with van der Waals surface area (Å²) in [5.41, 5.74) is 3.93. The van der Waals surface area contributed by atoms with Crippen LogP contribution in [0.5, 0.6) is 0 Å². The van der Waals surface area contributed by atoms with E-state index >= 15 is 0 Å². The summed E-state index contributed by atoms with van der Waals surface area (Å²) in [6.07, 6.45) is 0. The minimum Gasteiger partial charge on any atom is -0.332 e. The second kappa shape index (κ2) is 9.78. The predicted octanol–water partition coefficient (Wildman–Crippen LogP) is 5.45. The summed E-state index contributed by atoms with van der Waals surface area (Å²) in [6, 6.07) is 19.9. The highest BCUT2D eigenvalue weighted by Gasteiger charge is 2.17. The minimum absolute atomic E-state index is 0.0498. The molecule has 8 nitrogen and oxygen atoms in total. The van der Waals surface area contributed by atoms with Gasteiger partial charge in [0, 0.05) is 34.3 Å². The molecule has 0 spiro atoms. The Bertz CT molecular complexity index is 1500. The van der Waals surface area contributed by atoms with Crippen molar-refractivity contribution >= 4 is 51.3 Å². The third-order valence-corrected chi connectivity index (χ3v) is 5.66. The number of non-ortho nitro benzene ring substituents is 1. The van der Waals surface area contributed by atoms with E-state index in [1.54, 1.807) is 36.4 Å². The molecule has 0 saturated carbocycles. The lowest BCUT2D eigenvalue weighted by molar-refractivity contribution is -0.384. The fourth-order valence-corrected chi connectivity index (χ4v) is 3.77. The number of para-hydroxylation sites is 1. The number of thiocarbonyl (C=S) groups is 1. The standard InChI is InChI=1S/C26H20N4O4S/c1-15-5-3-4-6-22(15)28-26(35)29-25(32)21-14-24(17-7-10-19(11-8-17)30(33)34)27-23-12-9-18(16(2)31)13-20(21)23/h3-14H,1-2H3,(H2,28,29,32,35). The summed E-state index contributed by atoms with van der Waals surface area (Å²) in [5, 5.41) is 17.3. The number of carbonyl (C=O) groups excluding carboxylic acids is 2. The molecule has 4 rings (SSSR count). The van der Waals surface area contributed by atoms with Crippen molar-refractivity contribution in [3.05, 3.63) is 99.6 Å². The summed E-state index contributed by atoms with van der Waals surface area (Å²) in [7, 11) is 0. The molecule has 3 aromatic carbocycles. The zero-order valence-corrected chi connectivity index (χ0v) is 19.7. The van der Waals surface area contributed by atoms with Gasteiger partial charge in [-0.2, -0.15) is 0 Å².